The highest BCUT2D eigenvalue weighted by atomic mass is 32.1. The molecule has 3 N–H and O–H groups in total. The molecule has 1 aromatic heterocycles. The number of thiazole rings is 1. The molecule has 3 amide bonds. The Balaban J connectivity index is 1.53. The summed E-state index contributed by atoms with van der Waals surface area (Å²) in [4.78, 5) is 43.7. The van der Waals surface area contributed by atoms with Crippen LogP contribution in [0.3, 0.4) is 0 Å². The Morgan fingerprint density at radius 1 is 1.06 bits per heavy atom. The number of benzene rings is 1. The minimum absolute atomic E-state index is 0.315. The van der Waals surface area contributed by atoms with Crippen LogP contribution in [0, 0.1) is 6.92 Å². The molecule has 0 bridgehead atoms. The SMILES string of the molecule is Cc1nc(N2CCOCC2)sc1C(=O)NNC(=O)c1ccc(NC(=O)OC(C)(C)C)cc1. The summed E-state index contributed by atoms with van der Waals surface area (Å²) in [5.41, 5.74) is 5.61. The van der Waals surface area contributed by atoms with Gasteiger partial charge in [0.25, 0.3) is 11.8 Å². The van der Waals surface area contributed by atoms with E-state index in [2.05, 4.69) is 26.1 Å². The molecular weight excluding hydrogens is 434 g/mol. The summed E-state index contributed by atoms with van der Waals surface area (Å²) in [7, 11) is 0. The van der Waals surface area contributed by atoms with Gasteiger partial charge in [-0.2, -0.15) is 0 Å². The first-order valence-electron chi connectivity index (χ1n) is 10.1. The molecule has 1 fully saturated rings. The fourth-order valence-electron chi connectivity index (χ4n) is 2.85. The Kier molecular flexibility index (Phi) is 7.31. The molecule has 2 heterocycles. The summed E-state index contributed by atoms with van der Waals surface area (Å²) in [6, 6.07) is 6.20. The zero-order valence-corrected chi connectivity index (χ0v) is 19.3. The highest BCUT2D eigenvalue weighted by molar-refractivity contribution is 7.17. The number of ether oxygens (including phenoxy) is 2. The lowest BCUT2D eigenvalue weighted by molar-refractivity contribution is 0.0635. The van der Waals surface area contributed by atoms with E-state index < -0.39 is 23.5 Å². The number of anilines is 2. The van der Waals surface area contributed by atoms with Gasteiger partial charge in [-0.05, 0) is 52.0 Å². The molecule has 1 aromatic carbocycles. The lowest BCUT2D eigenvalue weighted by Crippen LogP contribution is -2.41. The summed E-state index contributed by atoms with van der Waals surface area (Å²) >= 11 is 1.28. The summed E-state index contributed by atoms with van der Waals surface area (Å²) in [6.45, 7) is 9.77. The van der Waals surface area contributed by atoms with Crippen LogP contribution in [0.1, 0.15) is 46.5 Å². The van der Waals surface area contributed by atoms with Gasteiger partial charge in [0.1, 0.15) is 10.5 Å². The van der Waals surface area contributed by atoms with Gasteiger partial charge in [-0.1, -0.05) is 11.3 Å². The maximum atomic E-state index is 12.5. The van der Waals surface area contributed by atoms with E-state index in [4.69, 9.17) is 9.47 Å². The lowest BCUT2D eigenvalue weighted by Gasteiger charge is -2.25. The predicted octanol–water partition coefficient (Wildman–Crippen LogP) is 2.71. The fraction of sp³-hybridized carbons (Fsp3) is 0.429. The topological polar surface area (TPSA) is 122 Å². The van der Waals surface area contributed by atoms with Crippen molar-refractivity contribution in [1.29, 1.82) is 0 Å². The maximum absolute atomic E-state index is 12.5. The Labute approximate surface area is 190 Å². The van der Waals surface area contributed by atoms with E-state index in [1.54, 1.807) is 39.8 Å². The Morgan fingerprint density at radius 3 is 2.31 bits per heavy atom. The third kappa shape index (κ3) is 6.41. The molecule has 1 aliphatic rings. The Hall–Kier alpha value is -3.18. The third-order valence-electron chi connectivity index (χ3n) is 4.36. The van der Waals surface area contributed by atoms with Crippen LogP contribution in [-0.4, -0.2) is 54.8 Å². The highest BCUT2D eigenvalue weighted by Crippen LogP contribution is 2.26. The number of aromatic nitrogens is 1. The second kappa shape index (κ2) is 9.96. The van der Waals surface area contributed by atoms with Crippen molar-refractivity contribution in [2.75, 3.05) is 36.5 Å². The Morgan fingerprint density at radius 2 is 1.69 bits per heavy atom. The van der Waals surface area contributed by atoms with Gasteiger partial charge in [-0.25, -0.2) is 9.78 Å². The van der Waals surface area contributed by atoms with Crippen molar-refractivity contribution in [1.82, 2.24) is 15.8 Å². The number of nitrogens with zero attached hydrogens (tertiary/aromatic N) is 2. The molecular formula is C21H27N5O5S. The van der Waals surface area contributed by atoms with E-state index in [1.807, 2.05) is 0 Å². The zero-order chi connectivity index (χ0) is 23.3. The van der Waals surface area contributed by atoms with Gasteiger partial charge in [-0.15, -0.1) is 0 Å². The standard InChI is InChI=1S/C21H27N5O5S/c1-13-16(32-19(22-13)26-9-11-30-12-10-26)18(28)25-24-17(27)14-5-7-15(8-6-14)23-20(29)31-21(2,3)4/h5-8H,9-12H2,1-4H3,(H,23,29)(H,24,27)(H,25,28). The number of hydrogen-bond donors (Lipinski definition) is 3. The summed E-state index contributed by atoms with van der Waals surface area (Å²) < 4.78 is 10.5. The largest absolute Gasteiger partial charge is 0.444 e. The van der Waals surface area contributed by atoms with Gasteiger partial charge < -0.3 is 14.4 Å². The van der Waals surface area contributed by atoms with Crippen molar-refractivity contribution in [3.05, 3.63) is 40.4 Å². The number of nitrogens with one attached hydrogen (secondary N) is 3. The van der Waals surface area contributed by atoms with E-state index in [0.29, 0.717) is 35.0 Å². The molecule has 10 nitrogen and oxygen atoms in total. The van der Waals surface area contributed by atoms with Gasteiger partial charge >= 0.3 is 6.09 Å². The molecule has 1 aliphatic heterocycles. The van der Waals surface area contributed by atoms with Gasteiger partial charge in [0, 0.05) is 24.3 Å². The highest BCUT2D eigenvalue weighted by Gasteiger charge is 2.21. The first-order valence-corrected chi connectivity index (χ1v) is 10.9. The normalized spacial score (nSPS) is 13.9. The molecule has 0 atom stereocenters. The van der Waals surface area contributed by atoms with Crippen LogP contribution in [-0.2, 0) is 9.47 Å². The zero-order valence-electron chi connectivity index (χ0n) is 18.5. The number of carbonyl (C=O) groups excluding carboxylic acids is 3. The summed E-state index contributed by atoms with van der Waals surface area (Å²) in [5.74, 6) is -0.922. The second-order valence-electron chi connectivity index (χ2n) is 8.12. The molecule has 0 aliphatic carbocycles. The number of morpholine rings is 1. The number of carbonyl (C=O) groups is 3. The molecule has 2 aromatic rings. The third-order valence-corrected chi connectivity index (χ3v) is 5.57. The van der Waals surface area contributed by atoms with Crippen LogP contribution in [0.2, 0.25) is 0 Å². The Bertz CT molecular complexity index is 977. The first kappa shape index (κ1) is 23.5. The van der Waals surface area contributed by atoms with Gasteiger partial charge in [-0.3, -0.25) is 25.8 Å². The number of aryl methyl sites for hydroxylation is 1. The van der Waals surface area contributed by atoms with Crippen LogP contribution in [0.5, 0.6) is 0 Å². The average Bonchev–Trinajstić information content (AvgIpc) is 3.13. The van der Waals surface area contributed by atoms with Crippen molar-refractivity contribution in [3.63, 3.8) is 0 Å². The van der Waals surface area contributed by atoms with E-state index in [1.165, 1.54) is 23.5 Å². The van der Waals surface area contributed by atoms with E-state index in [9.17, 15) is 14.4 Å². The van der Waals surface area contributed by atoms with Crippen molar-refractivity contribution >= 4 is 40.1 Å². The summed E-state index contributed by atoms with van der Waals surface area (Å²) in [6.07, 6.45) is -0.585. The molecule has 1 saturated heterocycles. The molecule has 3 rings (SSSR count). The van der Waals surface area contributed by atoms with Crippen molar-refractivity contribution in [2.45, 2.75) is 33.3 Å². The van der Waals surface area contributed by atoms with E-state index >= 15 is 0 Å². The van der Waals surface area contributed by atoms with Crippen molar-refractivity contribution in [3.8, 4) is 0 Å². The van der Waals surface area contributed by atoms with Crippen LogP contribution in [0.15, 0.2) is 24.3 Å². The molecule has 32 heavy (non-hydrogen) atoms. The van der Waals surface area contributed by atoms with Crippen LogP contribution >= 0.6 is 11.3 Å². The van der Waals surface area contributed by atoms with Gasteiger partial charge in [0.15, 0.2) is 5.13 Å². The molecule has 0 spiro atoms. The van der Waals surface area contributed by atoms with E-state index in [-0.39, 0.29) is 0 Å². The number of hydrogen-bond acceptors (Lipinski definition) is 8. The molecule has 172 valence electrons. The van der Waals surface area contributed by atoms with Crippen LogP contribution in [0.25, 0.3) is 0 Å². The quantitative estimate of drug-likeness (QED) is 0.599. The average molecular weight is 462 g/mol. The molecule has 0 saturated carbocycles. The maximum Gasteiger partial charge on any atom is 0.412 e. The molecule has 0 radical (unpaired) electrons. The van der Waals surface area contributed by atoms with Crippen molar-refractivity contribution < 1.29 is 23.9 Å². The minimum Gasteiger partial charge on any atom is -0.444 e. The van der Waals surface area contributed by atoms with Gasteiger partial charge in [0.2, 0.25) is 0 Å². The van der Waals surface area contributed by atoms with Crippen LogP contribution in [0.4, 0.5) is 15.6 Å². The smallest absolute Gasteiger partial charge is 0.412 e. The molecule has 0 unspecified atom stereocenters. The summed E-state index contributed by atoms with van der Waals surface area (Å²) in [5, 5.41) is 3.35. The second-order valence-corrected chi connectivity index (χ2v) is 9.10. The van der Waals surface area contributed by atoms with Crippen molar-refractivity contribution in [2.24, 2.45) is 0 Å². The number of rotatable bonds is 4. The predicted molar refractivity (Wildman–Crippen MR) is 121 cm³/mol. The van der Waals surface area contributed by atoms with Gasteiger partial charge in [0.05, 0.1) is 18.9 Å². The fourth-order valence-corrected chi connectivity index (χ4v) is 3.87. The molecule has 11 heteroatoms. The van der Waals surface area contributed by atoms with E-state index in [0.717, 1.165) is 18.2 Å². The number of amides is 3. The monoisotopic (exact) mass is 461 g/mol. The first-order chi connectivity index (χ1) is 15.1. The van der Waals surface area contributed by atoms with Crippen LogP contribution < -0.4 is 21.1 Å². The number of hydrazine groups is 1. The minimum atomic E-state index is -0.610. The lowest BCUT2D eigenvalue weighted by atomic mass is 10.2.